The Morgan fingerprint density at radius 2 is 2.15 bits per heavy atom. The molecule has 0 N–H and O–H groups in total. The number of hydrogen-bond acceptors (Lipinski definition) is 7. The van der Waals surface area contributed by atoms with Crippen molar-refractivity contribution in [3.8, 4) is 5.75 Å². The van der Waals surface area contributed by atoms with Crippen molar-refractivity contribution in [2.75, 3.05) is 33.4 Å². The van der Waals surface area contributed by atoms with Crippen LogP contribution in [0, 0.1) is 5.92 Å². The lowest BCUT2D eigenvalue weighted by Gasteiger charge is -2.29. The van der Waals surface area contributed by atoms with E-state index in [1.807, 2.05) is 29.7 Å². The molecule has 0 aliphatic carbocycles. The van der Waals surface area contributed by atoms with Gasteiger partial charge in [0.25, 0.3) is 15.9 Å². The summed E-state index contributed by atoms with van der Waals surface area (Å²) < 4.78 is 41.4. The van der Waals surface area contributed by atoms with Crippen molar-refractivity contribution in [3.63, 3.8) is 0 Å². The fourth-order valence-electron chi connectivity index (χ4n) is 3.88. The molecule has 1 unspecified atom stereocenters. The number of aromatic nitrogens is 1. The third-order valence-electron chi connectivity index (χ3n) is 5.51. The number of nitrogens with zero attached hydrogens (tertiary/aromatic N) is 3. The van der Waals surface area contributed by atoms with E-state index >= 15 is 0 Å². The van der Waals surface area contributed by atoms with Crippen LogP contribution >= 0.6 is 22.7 Å². The van der Waals surface area contributed by atoms with E-state index < -0.39 is 15.9 Å². The number of carbonyl (C=O) groups is 1. The quantitative estimate of drug-likeness (QED) is 0.465. The van der Waals surface area contributed by atoms with Crippen LogP contribution < -0.4 is 9.54 Å². The number of methoxy groups -OCH3 is 1. The number of rotatable bonds is 8. The van der Waals surface area contributed by atoms with Crippen LogP contribution in [-0.2, 0) is 26.1 Å². The minimum atomic E-state index is -3.58. The van der Waals surface area contributed by atoms with Gasteiger partial charge in [-0.3, -0.25) is 4.79 Å². The molecule has 1 fully saturated rings. The molecule has 1 aliphatic rings. The molecule has 1 aromatic carbocycles. The van der Waals surface area contributed by atoms with E-state index in [0.717, 1.165) is 16.0 Å². The first-order valence-corrected chi connectivity index (χ1v) is 13.9. The van der Waals surface area contributed by atoms with E-state index in [9.17, 15) is 13.2 Å². The number of carbonyl (C=O) groups excluding carboxylic acids is 1. The summed E-state index contributed by atoms with van der Waals surface area (Å²) in [5.41, 5.74) is 0.956. The summed E-state index contributed by atoms with van der Waals surface area (Å²) in [6, 6.07) is 9.14. The number of hydrogen-bond donors (Lipinski definition) is 0. The molecule has 2 aromatic heterocycles. The van der Waals surface area contributed by atoms with Gasteiger partial charge in [-0.2, -0.15) is 9.30 Å². The topological polar surface area (TPSA) is 90.2 Å². The van der Waals surface area contributed by atoms with Gasteiger partial charge in [-0.1, -0.05) is 17.4 Å². The first-order valence-electron chi connectivity index (χ1n) is 10.8. The molecule has 0 radical (unpaired) electrons. The maximum atomic E-state index is 13.2. The molecule has 1 saturated heterocycles. The van der Waals surface area contributed by atoms with E-state index in [1.165, 1.54) is 27.0 Å². The SMILES string of the molecule is CCOc1ccc2c(c1)sc(=NC(=O)C1CCCN(S(=O)(=O)c3cccs3)C1)n2CCOC. The number of fused-ring (bicyclic) bond motifs is 1. The summed E-state index contributed by atoms with van der Waals surface area (Å²) in [7, 11) is -1.95. The number of amides is 1. The molecule has 1 atom stereocenters. The molecule has 4 rings (SSSR count). The molecule has 11 heteroatoms. The lowest BCUT2D eigenvalue weighted by atomic mass is 9.99. The zero-order chi connectivity index (χ0) is 23.4. The van der Waals surface area contributed by atoms with Gasteiger partial charge in [-0.15, -0.1) is 11.3 Å². The molecule has 33 heavy (non-hydrogen) atoms. The van der Waals surface area contributed by atoms with Crippen LogP contribution in [-0.4, -0.2) is 56.6 Å². The molecule has 0 spiro atoms. The Labute approximate surface area is 201 Å². The summed E-state index contributed by atoms with van der Waals surface area (Å²) >= 11 is 2.61. The van der Waals surface area contributed by atoms with Crippen molar-refractivity contribution in [1.29, 1.82) is 0 Å². The Hall–Kier alpha value is -2.05. The monoisotopic (exact) mass is 509 g/mol. The third-order valence-corrected chi connectivity index (χ3v) is 9.79. The lowest BCUT2D eigenvalue weighted by Crippen LogP contribution is -2.42. The average Bonchev–Trinajstić information content (AvgIpc) is 3.46. The van der Waals surface area contributed by atoms with Crippen LogP contribution in [0.2, 0.25) is 0 Å². The molecular weight excluding hydrogens is 482 g/mol. The second kappa shape index (κ2) is 10.5. The number of sulfonamides is 1. The predicted molar refractivity (Wildman–Crippen MR) is 129 cm³/mol. The van der Waals surface area contributed by atoms with E-state index in [0.29, 0.717) is 48.2 Å². The van der Waals surface area contributed by atoms with Gasteiger partial charge in [0, 0.05) is 26.7 Å². The van der Waals surface area contributed by atoms with E-state index in [4.69, 9.17) is 9.47 Å². The Morgan fingerprint density at radius 3 is 2.88 bits per heavy atom. The molecule has 3 aromatic rings. The number of thiophene rings is 1. The minimum Gasteiger partial charge on any atom is -0.494 e. The summed E-state index contributed by atoms with van der Waals surface area (Å²) in [4.78, 5) is 18.2. The highest BCUT2D eigenvalue weighted by Crippen LogP contribution is 2.27. The molecule has 0 bridgehead atoms. The molecule has 178 valence electrons. The number of piperidine rings is 1. The minimum absolute atomic E-state index is 0.153. The third kappa shape index (κ3) is 5.22. The second-order valence-corrected chi connectivity index (χ2v) is 11.8. The Bertz CT molecular complexity index is 1280. The van der Waals surface area contributed by atoms with Crippen LogP contribution in [0.15, 0.2) is 44.9 Å². The van der Waals surface area contributed by atoms with Crippen molar-refractivity contribution in [2.45, 2.75) is 30.5 Å². The smallest absolute Gasteiger partial charge is 0.252 e. The van der Waals surface area contributed by atoms with Gasteiger partial charge in [0.2, 0.25) is 0 Å². The van der Waals surface area contributed by atoms with Gasteiger partial charge >= 0.3 is 0 Å². The number of benzene rings is 1. The van der Waals surface area contributed by atoms with Gasteiger partial charge in [0.05, 0.1) is 29.3 Å². The van der Waals surface area contributed by atoms with Crippen molar-refractivity contribution >= 4 is 48.8 Å². The Kier molecular flexibility index (Phi) is 7.65. The van der Waals surface area contributed by atoms with Crippen LogP contribution in [0.25, 0.3) is 10.2 Å². The van der Waals surface area contributed by atoms with Gasteiger partial charge in [-0.05, 0) is 49.4 Å². The summed E-state index contributed by atoms with van der Waals surface area (Å²) in [6.45, 7) is 4.11. The molecule has 3 heterocycles. The summed E-state index contributed by atoms with van der Waals surface area (Å²) in [5, 5.41) is 1.74. The summed E-state index contributed by atoms with van der Waals surface area (Å²) in [6.07, 6.45) is 1.25. The first-order chi connectivity index (χ1) is 15.9. The molecule has 1 amide bonds. The van der Waals surface area contributed by atoms with Crippen molar-refractivity contribution in [3.05, 3.63) is 40.5 Å². The van der Waals surface area contributed by atoms with Crippen LogP contribution in [0.3, 0.4) is 0 Å². The maximum absolute atomic E-state index is 13.2. The largest absolute Gasteiger partial charge is 0.494 e. The van der Waals surface area contributed by atoms with Crippen molar-refractivity contribution < 1.29 is 22.7 Å². The molecule has 8 nitrogen and oxygen atoms in total. The Balaban J connectivity index is 1.63. The van der Waals surface area contributed by atoms with E-state index in [2.05, 4.69) is 4.99 Å². The fourth-order valence-corrected chi connectivity index (χ4v) is 7.64. The van der Waals surface area contributed by atoms with Gasteiger partial charge < -0.3 is 14.0 Å². The normalized spacial score (nSPS) is 18.1. The van der Waals surface area contributed by atoms with Crippen LogP contribution in [0.5, 0.6) is 5.75 Å². The lowest BCUT2D eigenvalue weighted by molar-refractivity contribution is -0.122. The zero-order valence-electron chi connectivity index (χ0n) is 18.6. The highest BCUT2D eigenvalue weighted by atomic mass is 32.2. The van der Waals surface area contributed by atoms with E-state index in [1.54, 1.807) is 24.6 Å². The highest BCUT2D eigenvalue weighted by molar-refractivity contribution is 7.91. The van der Waals surface area contributed by atoms with Gasteiger partial charge in [-0.25, -0.2) is 8.42 Å². The van der Waals surface area contributed by atoms with Crippen LogP contribution in [0.1, 0.15) is 19.8 Å². The molecule has 0 saturated carbocycles. The fraction of sp³-hybridized carbons (Fsp3) is 0.455. The average molecular weight is 510 g/mol. The highest BCUT2D eigenvalue weighted by Gasteiger charge is 2.33. The number of ether oxygens (including phenoxy) is 2. The van der Waals surface area contributed by atoms with Crippen molar-refractivity contribution in [1.82, 2.24) is 8.87 Å². The zero-order valence-corrected chi connectivity index (χ0v) is 21.0. The molecule has 1 aliphatic heterocycles. The summed E-state index contributed by atoms with van der Waals surface area (Å²) in [5.74, 6) is 0.0159. The van der Waals surface area contributed by atoms with Crippen molar-refractivity contribution in [2.24, 2.45) is 10.9 Å². The first kappa shape index (κ1) is 24.1. The predicted octanol–water partition coefficient (Wildman–Crippen LogP) is 3.34. The van der Waals surface area contributed by atoms with Crippen LogP contribution in [0.4, 0.5) is 0 Å². The van der Waals surface area contributed by atoms with E-state index in [-0.39, 0.29) is 12.5 Å². The maximum Gasteiger partial charge on any atom is 0.252 e. The van der Waals surface area contributed by atoms with Gasteiger partial charge in [0.15, 0.2) is 4.80 Å². The standard InChI is InChI=1S/C22H27N3O5S3/c1-3-30-17-8-9-18-19(14-17)32-22(25(18)11-12-29-2)23-21(26)16-6-4-10-24(15-16)33(27,28)20-7-5-13-31-20/h5,7-9,13-14,16H,3-4,6,10-12,15H2,1-2H3. The Morgan fingerprint density at radius 1 is 1.30 bits per heavy atom. The van der Waals surface area contributed by atoms with Gasteiger partial charge in [0.1, 0.15) is 9.96 Å². The second-order valence-electron chi connectivity index (χ2n) is 7.68. The number of thiazole rings is 1. The molecular formula is C22H27N3O5S3.